The zero-order chi connectivity index (χ0) is 31.8. The molecule has 236 valence electrons. The van der Waals surface area contributed by atoms with Crippen molar-refractivity contribution in [2.24, 2.45) is 0 Å². The van der Waals surface area contributed by atoms with Crippen LogP contribution in [0.25, 0.3) is 22.2 Å². The molecule has 0 saturated carbocycles. The van der Waals surface area contributed by atoms with Gasteiger partial charge in [0.25, 0.3) is 0 Å². The summed E-state index contributed by atoms with van der Waals surface area (Å²) < 4.78 is 53.7. The molecular formula is C32H32ClFN4O5S2. The predicted molar refractivity (Wildman–Crippen MR) is 176 cm³/mol. The van der Waals surface area contributed by atoms with Crippen LogP contribution in [-0.4, -0.2) is 55.2 Å². The van der Waals surface area contributed by atoms with E-state index in [1.54, 1.807) is 49.6 Å². The molecule has 0 unspecified atom stereocenters. The molecule has 0 saturated heterocycles. The highest BCUT2D eigenvalue weighted by Gasteiger charge is 2.16. The van der Waals surface area contributed by atoms with Gasteiger partial charge in [-0.1, -0.05) is 30.7 Å². The lowest BCUT2D eigenvalue weighted by atomic mass is 10.1. The van der Waals surface area contributed by atoms with Crippen molar-refractivity contribution in [3.63, 3.8) is 0 Å². The third kappa shape index (κ3) is 8.66. The third-order valence-electron chi connectivity index (χ3n) is 6.92. The Kier molecular flexibility index (Phi) is 10.8. The van der Waals surface area contributed by atoms with Crippen LogP contribution >= 0.6 is 22.9 Å². The highest BCUT2D eigenvalue weighted by Crippen LogP contribution is 2.37. The SMILES string of the molecule is CCS(=O)(=O)CCOCCCc1nc(-c2cc3c(Nc4ccc(OCc5cccc(F)c5)c(Cl)c4)ncnc3cc2OC)cs1. The van der Waals surface area contributed by atoms with Crippen LogP contribution in [-0.2, 0) is 27.6 Å². The second-order valence-corrected chi connectivity index (χ2v) is 13.9. The lowest BCUT2D eigenvalue weighted by molar-refractivity contribution is 0.146. The van der Waals surface area contributed by atoms with E-state index in [0.717, 1.165) is 28.1 Å². The number of methoxy groups -OCH3 is 1. The fraction of sp³-hybridized carbons (Fsp3) is 0.281. The minimum atomic E-state index is -3.03. The number of hydrogen-bond acceptors (Lipinski definition) is 10. The summed E-state index contributed by atoms with van der Waals surface area (Å²) >= 11 is 8.06. The van der Waals surface area contributed by atoms with Gasteiger partial charge in [0, 0.05) is 46.9 Å². The summed E-state index contributed by atoms with van der Waals surface area (Å²) in [6, 6.07) is 15.3. The minimum absolute atomic E-state index is 0.0397. The van der Waals surface area contributed by atoms with E-state index in [1.165, 1.54) is 18.5 Å². The van der Waals surface area contributed by atoms with E-state index in [2.05, 4.69) is 15.3 Å². The lowest BCUT2D eigenvalue weighted by Gasteiger charge is -2.13. The molecule has 0 spiro atoms. The van der Waals surface area contributed by atoms with Crippen molar-refractivity contribution in [1.29, 1.82) is 0 Å². The van der Waals surface area contributed by atoms with Crippen LogP contribution in [0.2, 0.25) is 5.02 Å². The molecule has 0 radical (unpaired) electrons. The van der Waals surface area contributed by atoms with Gasteiger partial charge >= 0.3 is 0 Å². The molecule has 5 aromatic rings. The van der Waals surface area contributed by atoms with Crippen molar-refractivity contribution in [3.05, 3.63) is 87.7 Å². The zero-order valence-electron chi connectivity index (χ0n) is 24.8. The van der Waals surface area contributed by atoms with Gasteiger partial charge in [-0.3, -0.25) is 0 Å². The number of nitrogens with zero attached hydrogens (tertiary/aromatic N) is 3. The lowest BCUT2D eigenvalue weighted by Crippen LogP contribution is -2.14. The van der Waals surface area contributed by atoms with E-state index in [-0.39, 0.29) is 30.5 Å². The molecule has 0 fully saturated rings. The van der Waals surface area contributed by atoms with E-state index in [4.69, 9.17) is 30.8 Å². The number of hydrogen-bond donors (Lipinski definition) is 1. The van der Waals surface area contributed by atoms with Crippen LogP contribution < -0.4 is 14.8 Å². The van der Waals surface area contributed by atoms with Crippen LogP contribution in [0.5, 0.6) is 11.5 Å². The first-order valence-electron chi connectivity index (χ1n) is 14.2. The Morgan fingerprint density at radius 3 is 2.69 bits per heavy atom. The molecule has 0 atom stereocenters. The Labute approximate surface area is 270 Å². The van der Waals surface area contributed by atoms with Gasteiger partial charge in [0.2, 0.25) is 0 Å². The number of fused-ring (bicyclic) bond motifs is 1. The summed E-state index contributed by atoms with van der Waals surface area (Å²) in [6.45, 7) is 2.48. The maximum atomic E-state index is 13.5. The molecule has 13 heteroatoms. The van der Waals surface area contributed by atoms with Gasteiger partial charge in [-0.15, -0.1) is 11.3 Å². The van der Waals surface area contributed by atoms with Crippen LogP contribution in [0, 0.1) is 5.82 Å². The van der Waals surface area contributed by atoms with Gasteiger partial charge in [-0.05, 0) is 48.4 Å². The van der Waals surface area contributed by atoms with Crippen LogP contribution in [0.1, 0.15) is 23.9 Å². The molecule has 0 amide bonds. The first kappa shape index (κ1) is 32.6. The van der Waals surface area contributed by atoms with Gasteiger partial charge in [0.15, 0.2) is 9.84 Å². The maximum absolute atomic E-state index is 13.5. The van der Waals surface area contributed by atoms with Gasteiger partial charge < -0.3 is 19.5 Å². The molecule has 0 aliphatic heterocycles. The van der Waals surface area contributed by atoms with E-state index in [9.17, 15) is 12.8 Å². The van der Waals surface area contributed by atoms with Crippen molar-refractivity contribution in [2.45, 2.75) is 26.4 Å². The topological polar surface area (TPSA) is 113 Å². The monoisotopic (exact) mass is 670 g/mol. The van der Waals surface area contributed by atoms with E-state index >= 15 is 0 Å². The normalized spacial score (nSPS) is 11.6. The largest absolute Gasteiger partial charge is 0.496 e. The number of benzene rings is 3. The number of sulfone groups is 1. The second kappa shape index (κ2) is 15.0. The molecule has 2 aromatic heterocycles. The first-order chi connectivity index (χ1) is 21.7. The Balaban J connectivity index is 1.28. The molecule has 1 N–H and O–H groups in total. The molecule has 0 aliphatic rings. The van der Waals surface area contributed by atoms with Crippen LogP contribution in [0.4, 0.5) is 15.9 Å². The number of halogens is 2. The summed E-state index contributed by atoms with van der Waals surface area (Å²) in [7, 11) is -1.42. The average Bonchev–Trinajstić information content (AvgIpc) is 3.50. The number of rotatable bonds is 15. The Bertz CT molecular complexity index is 1890. The van der Waals surface area contributed by atoms with Gasteiger partial charge in [0.05, 0.1) is 40.7 Å². The predicted octanol–water partition coefficient (Wildman–Crippen LogP) is 7.26. The standard InChI is InChI=1S/C32H32ClFN4O5S2/c1-3-45(39,40)13-12-42-11-5-8-31-38-28(19-44-31)24-16-25-27(17-30(24)41-2)35-20-36-32(25)37-23-9-10-29(26(33)15-23)43-18-21-6-4-7-22(34)14-21/h4,6-7,9-10,14-17,19-20H,3,5,8,11-13,18H2,1-2H3,(H,35,36,37). The van der Waals surface area contributed by atoms with Gasteiger partial charge in [-0.25, -0.2) is 27.8 Å². The molecule has 9 nitrogen and oxygen atoms in total. The Morgan fingerprint density at radius 2 is 1.91 bits per heavy atom. The molecular weight excluding hydrogens is 639 g/mol. The fourth-order valence-corrected chi connectivity index (χ4v) is 6.22. The van der Waals surface area contributed by atoms with Crippen LogP contribution in [0.3, 0.4) is 0 Å². The van der Waals surface area contributed by atoms with Gasteiger partial charge in [0.1, 0.15) is 36.1 Å². The number of thiazole rings is 1. The van der Waals surface area contributed by atoms with E-state index in [1.807, 2.05) is 23.6 Å². The zero-order valence-corrected chi connectivity index (χ0v) is 27.1. The molecule has 0 aliphatic carbocycles. The third-order valence-corrected chi connectivity index (χ3v) is 9.79. The van der Waals surface area contributed by atoms with Crippen molar-refractivity contribution >= 4 is 55.2 Å². The number of aromatic nitrogens is 3. The molecule has 3 aromatic carbocycles. The van der Waals surface area contributed by atoms with Gasteiger partial charge in [-0.2, -0.15) is 0 Å². The molecule has 0 bridgehead atoms. The summed E-state index contributed by atoms with van der Waals surface area (Å²) in [5.41, 5.74) is 3.64. The maximum Gasteiger partial charge on any atom is 0.152 e. The minimum Gasteiger partial charge on any atom is -0.496 e. The quantitative estimate of drug-likeness (QED) is 0.115. The first-order valence-corrected chi connectivity index (χ1v) is 17.3. The summed E-state index contributed by atoms with van der Waals surface area (Å²) in [5, 5.41) is 7.40. The summed E-state index contributed by atoms with van der Waals surface area (Å²) in [4.78, 5) is 13.7. The summed E-state index contributed by atoms with van der Waals surface area (Å²) in [6.07, 6.45) is 2.91. The van der Waals surface area contributed by atoms with Crippen molar-refractivity contribution in [1.82, 2.24) is 15.0 Å². The van der Waals surface area contributed by atoms with Crippen molar-refractivity contribution in [2.75, 3.05) is 37.1 Å². The average molecular weight is 671 g/mol. The highest BCUT2D eigenvalue weighted by molar-refractivity contribution is 7.91. The van der Waals surface area contributed by atoms with Crippen molar-refractivity contribution in [3.8, 4) is 22.8 Å². The smallest absolute Gasteiger partial charge is 0.152 e. The fourth-order valence-electron chi connectivity index (χ4n) is 4.48. The van der Waals surface area contributed by atoms with E-state index < -0.39 is 9.84 Å². The molecule has 5 rings (SSSR count). The summed E-state index contributed by atoms with van der Waals surface area (Å²) in [5.74, 6) is 1.52. The Hall–Kier alpha value is -3.84. The van der Waals surface area contributed by atoms with E-state index in [0.29, 0.717) is 52.1 Å². The number of ether oxygens (including phenoxy) is 3. The number of nitrogens with one attached hydrogen (secondary N) is 1. The number of anilines is 2. The molecule has 2 heterocycles. The van der Waals surface area contributed by atoms with Crippen LogP contribution in [0.15, 0.2) is 66.3 Å². The highest BCUT2D eigenvalue weighted by atomic mass is 35.5. The second-order valence-electron chi connectivity index (χ2n) is 10.1. The van der Waals surface area contributed by atoms with Crippen molar-refractivity contribution < 1.29 is 27.0 Å². The molecule has 45 heavy (non-hydrogen) atoms. The Morgan fingerprint density at radius 1 is 1.04 bits per heavy atom. The number of aryl methyl sites for hydroxylation is 1.